The number of rotatable bonds is 8. The van der Waals surface area contributed by atoms with Crippen LogP contribution in [0.25, 0.3) is 0 Å². The average Bonchev–Trinajstić information content (AvgIpc) is 2.99. The van der Waals surface area contributed by atoms with Crippen molar-refractivity contribution in [1.29, 1.82) is 0 Å². The van der Waals surface area contributed by atoms with Crippen molar-refractivity contribution >= 4 is 28.9 Å². The Balaban J connectivity index is 1.55. The number of nitrogens with one attached hydrogen (secondary N) is 1. The van der Waals surface area contributed by atoms with Gasteiger partial charge >= 0.3 is 5.97 Å². The van der Waals surface area contributed by atoms with Gasteiger partial charge in [0.2, 0.25) is 0 Å². The molecule has 156 valence electrons. The molecule has 1 aromatic carbocycles. The van der Waals surface area contributed by atoms with Crippen molar-refractivity contribution in [2.24, 2.45) is 0 Å². The van der Waals surface area contributed by atoms with E-state index in [2.05, 4.69) is 5.32 Å². The molecule has 0 unspecified atom stereocenters. The molecule has 0 saturated heterocycles. The number of esters is 1. The van der Waals surface area contributed by atoms with Crippen molar-refractivity contribution in [2.75, 3.05) is 25.1 Å². The number of thiophene rings is 1. The number of benzene rings is 1. The van der Waals surface area contributed by atoms with Gasteiger partial charge in [-0.05, 0) is 63.3 Å². The normalized spacial score (nSPS) is 13.2. The highest BCUT2D eigenvalue weighted by Crippen LogP contribution is 2.31. The third-order valence-corrected chi connectivity index (χ3v) is 5.83. The summed E-state index contributed by atoms with van der Waals surface area (Å²) in [5.74, 6) is 0.337. The largest absolute Gasteiger partial charge is 0.490 e. The second kappa shape index (κ2) is 10.3. The minimum absolute atomic E-state index is 0.335. The van der Waals surface area contributed by atoms with Crippen molar-refractivity contribution in [2.45, 2.75) is 46.0 Å². The van der Waals surface area contributed by atoms with Crippen LogP contribution in [-0.2, 0) is 22.4 Å². The van der Waals surface area contributed by atoms with Crippen LogP contribution in [0.2, 0.25) is 0 Å². The van der Waals surface area contributed by atoms with Crippen molar-refractivity contribution in [1.82, 2.24) is 0 Å². The highest BCUT2D eigenvalue weighted by molar-refractivity contribution is 7.14. The Hall–Kier alpha value is -2.54. The van der Waals surface area contributed by atoms with E-state index in [1.54, 1.807) is 18.2 Å². The second-order valence-electron chi connectivity index (χ2n) is 6.77. The number of hydrogen-bond donors (Lipinski definition) is 1. The smallest absolute Gasteiger partial charge is 0.348 e. The maximum absolute atomic E-state index is 12.3. The van der Waals surface area contributed by atoms with E-state index < -0.39 is 11.9 Å². The summed E-state index contributed by atoms with van der Waals surface area (Å²) in [7, 11) is 0. The number of hydrogen-bond acceptors (Lipinski definition) is 6. The third-order valence-electron chi connectivity index (χ3n) is 4.61. The molecule has 0 atom stereocenters. The summed E-state index contributed by atoms with van der Waals surface area (Å²) in [6, 6.07) is 7.09. The molecule has 1 heterocycles. The van der Waals surface area contributed by atoms with Gasteiger partial charge in [0, 0.05) is 16.6 Å². The van der Waals surface area contributed by atoms with Gasteiger partial charge < -0.3 is 19.5 Å². The predicted octanol–water partition coefficient (Wildman–Crippen LogP) is 4.61. The zero-order valence-corrected chi connectivity index (χ0v) is 17.7. The zero-order chi connectivity index (χ0) is 20.6. The van der Waals surface area contributed by atoms with Crippen molar-refractivity contribution < 1.29 is 23.8 Å². The van der Waals surface area contributed by atoms with E-state index in [1.807, 2.05) is 19.9 Å². The van der Waals surface area contributed by atoms with Gasteiger partial charge in [0.05, 0.1) is 13.2 Å². The van der Waals surface area contributed by atoms with Crippen molar-refractivity contribution in [3.63, 3.8) is 0 Å². The lowest BCUT2D eigenvalue weighted by Gasteiger charge is -2.13. The fourth-order valence-electron chi connectivity index (χ4n) is 3.30. The number of ether oxygens (including phenoxy) is 3. The number of carbonyl (C=O) groups is 2. The van der Waals surface area contributed by atoms with Crippen LogP contribution in [0.4, 0.5) is 5.69 Å². The van der Waals surface area contributed by atoms with E-state index in [1.165, 1.54) is 28.2 Å². The Kier molecular flexibility index (Phi) is 7.52. The molecule has 1 aromatic heterocycles. The molecule has 6 nitrogen and oxygen atoms in total. The Morgan fingerprint density at radius 3 is 2.55 bits per heavy atom. The Morgan fingerprint density at radius 1 is 1.00 bits per heavy atom. The molecule has 0 aliphatic heterocycles. The minimum Gasteiger partial charge on any atom is -0.490 e. The lowest BCUT2D eigenvalue weighted by molar-refractivity contribution is -0.119. The van der Waals surface area contributed by atoms with Gasteiger partial charge in [-0.15, -0.1) is 11.3 Å². The first kappa shape index (κ1) is 21.2. The van der Waals surface area contributed by atoms with Gasteiger partial charge in [0.15, 0.2) is 18.1 Å². The summed E-state index contributed by atoms with van der Waals surface area (Å²) in [5.41, 5.74) is 1.81. The number of amides is 1. The quantitative estimate of drug-likeness (QED) is 0.502. The van der Waals surface area contributed by atoms with Gasteiger partial charge in [0.25, 0.3) is 5.91 Å². The standard InChI is InChI=1S/C22H27NO5S/c1-3-26-17-11-10-16(13-18(17)27-4-2)23-21(24)14-28-22(25)20-12-15-8-6-5-7-9-19(15)29-20/h10-13H,3-9,14H2,1-2H3,(H,23,24). The molecule has 0 fully saturated rings. The summed E-state index contributed by atoms with van der Waals surface area (Å²) in [5, 5.41) is 2.73. The number of fused-ring (bicyclic) bond motifs is 1. The fraction of sp³-hybridized carbons (Fsp3) is 0.455. The van der Waals surface area contributed by atoms with Gasteiger partial charge in [-0.2, -0.15) is 0 Å². The van der Waals surface area contributed by atoms with Crippen LogP contribution in [0.15, 0.2) is 24.3 Å². The van der Waals surface area contributed by atoms with Gasteiger partial charge in [-0.25, -0.2) is 4.79 Å². The molecular formula is C22H27NO5S. The minimum atomic E-state index is -0.445. The third kappa shape index (κ3) is 5.73. The molecule has 2 aromatic rings. The van der Waals surface area contributed by atoms with E-state index >= 15 is 0 Å². The zero-order valence-electron chi connectivity index (χ0n) is 16.9. The van der Waals surface area contributed by atoms with Gasteiger partial charge in [0.1, 0.15) is 4.88 Å². The number of aryl methyl sites for hydroxylation is 2. The Morgan fingerprint density at radius 2 is 1.76 bits per heavy atom. The fourth-order valence-corrected chi connectivity index (χ4v) is 4.44. The predicted molar refractivity (Wildman–Crippen MR) is 113 cm³/mol. The lowest BCUT2D eigenvalue weighted by atomic mass is 10.1. The molecule has 0 radical (unpaired) electrons. The number of anilines is 1. The molecule has 0 saturated carbocycles. The summed E-state index contributed by atoms with van der Waals surface area (Å²) >= 11 is 1.49. The molecule has 1 aliphatic carbocycles. The number of carbonyl (C=O) groups excluding carboxylic acids is 2. The van der Waals surface area contributed by atoms with Crippen LogP contribution in [0.3, 0.4) is 0 Å². The van der Waals surface area contributed by atoms with Crippen LogP contribution in [-0.4, -0.2) is 31.7 Å². The van der Waals surface area contributed by atoms with Crippen molar-refractivity contribution in [3.8, 4) is 11.5 Å². The molecule has 3 rings (SSSR count). The molecule has 0 spiro atoms. The SMILES string of the molecule is CCOc1ccc(NC(=O)COC(=O)c2cc3c(s2)CCCCC3)cc1OCC. The van der Waals surface area contributed by atoms with Crippen LogP contribution in [0.1, 0.15) is 53.2 Å². The van der Waals surface area contributed by atoms with E-state index in [4.69, 9.17) is 14.2 Å². The molecule has 7 heteroatoms. The van der Waals surface area contributed by atoms with E-state index in [0.717, 1.165) is 25.7 Å². The highest BCUT2D eigenvalue weighted by Gasteiger charge is 2.18. The van der Waals surface area contributed by atoms with E-state index in [-0.39, 0.29) is 6.61 Å². The van der Waals surface area contributed by atoms with E-state index in [9.17, 15) is 9.59 Å². The molecule has 0 bridgehead atoms. The Bertz CT molecular complexity index is 837. The Labute approximate surface area is 175 Å². The summed E-state index contributed by atoms with van der Waals surface area (Å²) < 4.78 is 16.3. The van der Waals surface area contributed by atoms with Crippen LogP contribution >= 0.6 is 11.3 Å². The molecule has 1 aliphatic rings. The van der Waals surface area contributed by atoms with Crippen LogP contribution in [0, 0.1) is 0 Å². The van der Waals surface area contributed by atoms with Gasteiger partial charge in [-0.1, -0.05) is 6.42 Å². The maximum atomic E-state index is 12.3. The first-order chi connectivity index (χ1) is 14.1. The molecule has 1 amide bonds. The van der Waals surface area contributed by atoms with Crippen molar-refractivity contribution in [3.05, 3.63) is 39.6 Å². The first-order valence-electron chi connectivity index (χ1n) is 10.1. The molecular weight excluding hydrogens is 390 g/mol. The van der Waals surface area contributed by atoms with Crippen LogP contribution < -0.4 is 14.8 Å². The monoisotopic (exact) mass is 417 g/mol. The van der Waals surface area contributed by atoms with Gasteiger partial charge in [-0.3, -0.25) is 4.79 Å². The summed E-state index contributed by atoms with van der Waals surface area (Å²) in [6.45, 7) is 4.45. The molecule has 1 N–H and O–H groups in total. The van der Waals surface area contributed by atoms with Crippen LogP contribution in [0.5, 0.6) is 11.5 Å². The van der Waals surface area contributed by atoms with E-state index in [0.29, 0.717) is 35.3 Å². The summed E-state index contributed by atoms with van der Waals surface area (Å²) in [4.78, 5) is 26.4. The average molecular weight is 418 g/mol. The second-order valence-corrected chi connectivity index (χ2v) is 7.91. The summed E-state index contributed by atoms with van der Waals surface area (Å²) in [6.07, 6.45) is 5.59. The maximum Gasteiger partial charge on any atom is 0.348 e. The topological polar surface area (TPSA) is 73.9 Å². The molecule has 29 heavy (non-hydrogen) atoms. The first-order valence-corrected chi connectivity index (χ1v) is 10.9. The lowest BCUT2D eigenvalue weighted by Crippen LogP contribution is -2.20. The highest BCUT2D eigenvalue weighted by atomic mass is 32.1.